The summed E-state index contributed by atoms with van der Waals surface area (Å²) in [5.41, 5.74) is 2.15. The van der Waals surface area contributed by atoms with Gasteiger partial charge in [-0.3, -0.25) is 0 Å². The molecule has 1 atom stereocenters. The van der Waals surface area contributed by atoms with Gasteiger partial charge in [-0.2, -0.15) is 4.98 Å². The maximum absolute atomic E-state index is 13.5. The predicted molar refractivity (Wildman–Crippen MR) is 105 cm³/mol. The molecule has 1 aromatic carbocycles. The quantitative estimate of drug-likeness (QED) is 0.534. The molecule has 3 heterocycles. The smallest absolute Gasteiger partial charge is 0.224 e. The van der Waals surface area contributed by atoms with Crippen LogP contribution >= 0.6 is 0 Å². The van der Waals surface area contributed by atoms with Crippen molar-refractivity contribution in [1.29, 1.82) is 0 Å². The van der Waals surface area contributed by atoms with Crippen LogP contribution in [-0.2, 0) is 0 Å². The van der Waals surface area contributed by atoms with Crippen LogP contribution in [0.2, 0.25) is 0 Å². The number of hydrogen-bond donors (Lipinski definition) is 4. The molecule has 7 nitrogen and oxygen atoms in total. The Morgan fingerprint density at radius 2 is 2.22 bits per heavy atom. The zero-order chi connectivity index (χ0) is 18.6. The molecule has 142 valence electrons. The Morgan fingerprint density at radius 3 is 3.04 bits per heavy atom. The van der Waals surface area contributed by atoms with Crippen LogP contribution in [0.15, 0.2) is 24.4 Å². The highest BCUT2D eigenvalue weighted by Crippen LogP contribution is 2.28. The van der Waals surface area contributed by atoms with Crippen molar-refractivity contribution in [3.63, 3.8) is 0 Å². The number of aromatic nitrogens is 4. The molecule has 0 aliphatic carbocycles. The summed E-state index contributed by atoms with van der Waals surface area (Å²) in [6.45, 7) is 4.86. The van der Waals surface area contributed by atoms with Crippen LogP contribution in [-0.4, -0.2) is 45.6 Å². The van der Waals surface area contributed by atoms with Gasteiger partial charge in [0.25, 0.3) is 0 Å². The number of nitrogens with zero attached hydrogens (tertiary/aromatic N) is 3. The zero-order valence-electron chi connectivity index (χ0n) is 15.3. The van der Waals surface area contributed by atoms with Crippen LogP contribution in [0.1, 0.15) is 26.2 Å². The number of nitrogens with one attached hydrogen (secondary N) is 4. The number of imidazole rings is 1. The van der Waals surface area contributed by atoms with Crippen LogP contribution < -0.4 is 16.0 Å². The van der Waals surface area contributed by atoms with E-state index in [4.69, 9.17) is 0 Å². The Balaban J connectivity index is 1.70. The molecule has 1 aliphatic rings. The van der Waals surface area contributed by atoms with Crippen molar-refractivity contribution in [3.8, 4) is 11.4 Å². The Kier molecular flexibility index (Phi) is 5.15. The van der Waals surface area contributed by atoms with Crippen molar-refractivity contribution in [2.24, 2.45) is 0 Å². The van der Waals surface area contributed by atoms with Crippen molar-refractivity contribution in [2.45, 2.75) is 32.2 Å². The number of aromatic amines is 1. The lowest BCUT2D eigenvalue weighted by atomic mass is 10.1. The average Bonchev–Trinajstić information content (AvgIpc) is 3.10. The fourth-order valence-corrected chi connectivity index (χ4v) is 3.26. The van der Waals surface area contributed by atoms with Gasteiger partial charge >= 0.3 is 0 Å². The first-order valence-corrected chi connectivity index (χ1v) is 9.46. The summed E-state index contributed by atoms with van der Waals surface area (Å²) < 4.78 is 13.5. The second-order valence-electron chi connectivity index (χ2n) is 6.82. The van der Waals surface area contributed by atoms with Crippen molar-refractivity contribution in [2.75, 3.05) is 30.3 Å². The van der Waals surface area contributed by atoms with Gasteiger partial charge in [0, 0.05) is 25.3 Å². The lowest BCUT2D eigenvalue weighted by Crippen LogP contribution is -2.38. The molecule has 27 heavy (non-hydrogen) atoms. The fraction of sp³-hybridized carbons (Fsp3) is 0.421. The van der Waals surface area contributed by atoms with Gasteiger partial charge < -0.3 is 20.9 Å². The van der Waals surface area contributed by atoms with Crippen molar-refractivity contribution in [1.82, 2.24) is 25.3 Å². The van der Waals surface area contributed by atoms with Crippen molar-refractivity contribution < 1.29 is 4.39 Å². The van der Waals surface area contributed by atoms with Gasteiger partial charge in [-0.05, 0) is 44.0 Å². The van der Waals surface area contributed by atoms with Gasteiger partial charge in [-0.1, -0.05) is 6.92 Å². The molecule has 1 saturated heterocycles. The Labute approximate surface area is 157 Å². The molecule has 4 rings (SSSR count). The Hall–Kier alpha value is -2.74. The van der Waals surface area contributed by atoms with E-state index in [1.165, 1.54) is 12.1 Å². The topological polar surface area (TPSA) is 90.5 Å². The molecule has 0 spiro atoms. The summed E-state index contributed by atoms with van der Waals surface area (Å²) in [6, 6.07) is 4.82. The number of rotatable bonds is 6. The summed E-state index contributed by atoms with van der Waals surface area (Å²) >= 11 is 0. The largest absolute Gasteiger partial charge is 0.365 e. The number of H-pyrrole nitrogens is 1. The third-order valence-corrected chi connectivity index (χ3v) is 4.66. The number of piperidine rings is 1. The summed E-state index contributed by atoms with van der Waals surface area (Å²) in [6.07, 6.45) is 4.97. The highest BCUT2D eigenvalue weighted by Gasteiger charge is 2.18. The summed E-state index contributed by atoms with van der Waals surface area (Å²) in [5, 5.41) is 10.2. The minimum atomic E-state index is -0.292. The molecule has 0 bridgehead atoms. The first-order chi connectivity index (χ1) is 13.2. The second kappa shape index (κ2) is 7.87. The SMILES string of the molecule is CCCNc1ncc(-c2nc3ccc(F)cc3[nH]2)c(NC2CCCNC2)n1. The first-order valence-electron chi connectivity index (χ1n) is 9.46. The van der Waals surface area contributed by atoms with E-state index in [9.17, 15) is 4.39 Å². The Morgan fingerprint density at radius 1 is 1.30 bits per heavy atom. The molecule has 0 radical (unpaired) electrons. The van der Waals surface area contributed by atoms with Gasteiger partial charge in [0.15, 0.2) is 0 Å². The molecule has 1 fully saturated rings. The van der Waals surface area contributed by atoms with E-state index in [-0.39, 0.29) is 5.82 Å². The molecule has 3 aromatic rings. The highest BCUT2D eigenvalue weighted by atomic mass is 19.1. The van der Waals surface area contributed by atoms with E-state index in [0.29, 0.717) is 28.8 Å². The van der Waals surface area contributed by atoms with Gasteiger partial charge in [-0.15, -0.1) is 0 Å². The van der Waals surface area contributed by atoms with E-state index < -0.39 is 0 Å². The highest BCUT2D eigenvalue weighted by molar-refractivity contribution is 5.82. The van der Waals surface area contributed by atoms with E-state index in [2.05, 4.69) is 42.8 Å². The summed E-state index contributed by atoms with van der Waals surface area (Å²) in [7, 11) is 0. The normalized spacial score (nSPS) is 17.2. The van der Waals surface area contributed by atoms with Gasteiger partial charge in [0.05, 0.1) is 16.6 Å². The van der Waals surface area contributed by atoms with Crippen molar-refractivity contribution >= 4 is 22.8 Å². The van der Waals surface area contributed by atoms with Crippen LogP contribution in [0, 0.1) is 5.82 Å². The first kappa shape index (κ1) is 17.7. The lowest BCUT2D eigenvalue weighted by Gasteiger charge is -2.25. The standard InChI is InChI=1S/C19H24FN7/c1-2-7-22-19-23-11-14(17(27-19)24-13-4-3-8-21-10-13)18-25-15-6-5-12(20)9-16(15)26-18/h5-6,9,11,13,21H,2-4,7-8,10H2,1H3,(H,25,26)(H2,22,23,24,27). The fourth-order valence-electron chi connectivity index (χ4n) is 3.26. The maximum atomic E-state index is 13.5. The molecular weight excluding hydrogens is 345 g/mol. The van der Waals surface area contributed by atoms with Crippen LogP contribution in [0.4, 0.5) is 16.2 Å². The number of hydrogen-bond acceptors (Lipinski definition) is 6. The van der Waals surface area contributed by atoms with E-state index in [1.54, 1.807) is 12.3 Å². The molecular formula is C19H24FN7. The van der Waals surface area contributed by atoms with Crippen LogP contribution in [0.5, 0.6) is 0 Å². The van der Waals surface area contributed by atoms with Crippen LogP contribution in [0.3, 0.4) is 0 Å². The van der Waals surface area contributed by atoms with Gasteiger partial charge in [0.1, 0.15) is 17.5 Å². The lowest BCUT2D eigenvalue weighted by molar-refractivity contribution is 0.479. The summed E-state index contributed by atoms with van der Waals surface area (Å²) in [5.74, 6) is 1.66. The molecule has 0 saturated carbocycles. The van der Waals surface area contributed by atoms with E-state index in [0.717, 1.165) is 50.3 Å². The third-order valence-electron chi connectivity index (χ3n) is 4.66. The molecule has 8 heteroatoms. The van der Waals surface area contributed by atoms with E-state index >= 15 is 0 Å². The number of anilines is 2. The minimum Gasteiger partial charge on any atom is -0.365 e. The number of fused-ring (bicyclic) bond motifs is 1. The molecule has 1 aliphatic heterocycles. The van der Waals surface area contributed by atoms with Crippen molar-refractivity contribution in [3.05, 3.63) is 30.2 Å². The molecule has 2 aromatic heterocycles. The molecule has 4 N–H and O–H groups in total. The number of halogens is 1. The zero-order valence-corrected chi connectivity index (χ0v) is 15.3. The van der Waals surface area contributed by atoms with Crippen LogP contribution in [0.25, 0.3) is 22.4 Å². The minimum absolute atomic E-state index is 0.292. The monoisotopic (exact) mass is 369 g/mol. The maximum Gasteiger partial charge on any atom is 0.224 e. The molecule has 1 unspecified atom stereocenters. The summed E-state index contributed by atoms with van der Waals surface area (Å²) in [4.78, 5) is 16.9. The average molecular weight is 369 g/mol. The number of benzene rings is 1. The van der Waals surface area contributed by atoms with Gasteiger partial charge in [0.2, 0.25) is 5.95 Å². The predicted octanol–water partition coefficient (Wildman–Crippen LogP) is 3.14. The second-order valence-corrected chi connectivity index (χ2v) is 6.82. The van der Waals surface area contributed by atoms with Gasteiger partial charge in [-0.25, -0.2) is 14.4 Å². The third kappa shape index (κ3) is 4.00. The van der Waals surface area contributed by atoms with E-state index in [1.807, 2.05) is 0 Å². The Bertz CT molecular complexity index is 918. The molecule has 0 amide bonds.